The number of aromatic nitrogens is 1. The number of amides is 1. The number of thiazole rings is 1. The predicted octanol–water partition coefficient (Wildman–Crippen LogP) is 2.53. The van der Waals surface area contributed by atoms with Gasteiger partial charge < -0.3 is 15.4 Å². The molecule has 1 aromatic heterocycles. The van der Waals surface area contributed by atoms with Crippen LogP contribution >= 0.6 is 11.3 Å². The van der Waals surface area contributed by atoms with E-state index in [0.717, 1.165) is 22.7 Å². The van der Waals surface area contributed by atoms with Crippen molar-refractivity contribution in [2.24, 2.45) is 0 Å². The van der Waals surface area contributed by atoms with Crippen LogP contribution in [0.4, 0.5) is 10.8 Å². The summed E-state index contributed by atoms with van der Waals surface area (Å²) in [6.07, 6.45) is 0.404. The topological polar surface area (TPSA) is 68.5 Å². The van der Waals surface area contributed by atoms with Gasteiger partial charge in [0, 0.05) is 17.5 Å². The van der Waals surface area contributed by atoms with Crippen LogP contribution in [0.5, 0.6) is 5.75 Å². The fourth-order valence-corrected chi connectivity index (χ4v) is 2.87. The van der Waals surface area contributed by atoms with Gasteiger partial charge in [-0.2, -0.15) is 0 Å². The molecule has 1 amide bonds. The number of nitrogens with two attached hydrogens (primary N) is 1. The molecule has 0 spiro atoms. The predicted molar refractivity (Wildman–Crippen MR) is 80.1 cm³/mol. The highest BCUT2D eigenvalue weighted by atomic mass is 32.1. The molecule has 0 atom stereocenters. The number of ether oxygens (including phenoxy) is 1. The molecule has 0 bridgehead atoms. The molecular weight excluding hydrogens is 274 g/mol. The summed E-state index contributed by atoms with van der Waals surface area (Å²) in [5.41, 5.74) is 8.24. The summed E-state index contributed by atoms with van der Waals surface area (Å²) in [6.45, 7) is 3.00. The van der Waals surface area contributed by atoms with Crippen LogP contribution in [0.25, 0.3) is 11.3 Å². The lowest BCUT2D eigenvalue weighted by Crippen LogP contribution is -2.29. The van der Waals surface area contributed by atoms with Crippen LogP contribution in [-0.4, -0.2) is 24.0 Å². The zero-order chi connectivity index (χ0) is 14.1. The Labute approximate surface area is 121 Å². The minimum absolute atomic E-state index is 0.0844. The maximum absolute atomic E-state index is 12.1. The number of anilines is 2. The number of carbonyl (C=O) groups is 1. The molecule has 5 nitrogen and oxygen atoms in total. The molecule has 1 aliphatic rings. The summed E-state index contributed by atoms with van der Waals surface area (Å²) in [5.74, 6) is 0.825. The molecule has 3 rings (SSSR count). The fourth-order valence-electron chi connectivity index (χ4n) is 2.29. The van der Waals surface area contributed by atoms with Gasteiger partial charge in [-0.3, -0.25) is 4.79 Å². The van der Waals surface area contributed by atoms with Crippen molar-refractivity contribution >= 4 is 28.1 Å². The minimum Gasteiger partial charge on any atom is -0.491 e. The molecule has 0 fully saturated rings. The number of fused-ring (bicyclic) bond motifs is 1. The molecule has 0 saturated heterocycles. The van der Waals surface area contributed by atoms with E-state index in [4.69, 9.17) is 10.5 Å². The van der Waals surface area contributed by atoms with E-state index in [2.05, 4.69) is 4.98 Å². The largest absolute Gasteiger partial charge is 0.491 e. The van der Waals surface area contributed by atoms with Gasteiger partial charge in [0.15, 0.2) is 5.13 Å². The quantitative estimate of drug-likeness (QED) is 0.922. The van der Waals surface area contributed by atoms with Gasteiger partial charge in [0.05, 0.1) is 24.4 Å². The zero-order valence-electron chi connectivity index (χ0n) is 11.1. The van der Waals surface area contributed by atoms with Crippen LogP contribution in [0.3, 0.4) is 0 Å². The van der Waals surface area contributed by atoms with Gasteiger partial charge in [-0.25, -0.2) is 4.98 Å². The molecule has 104 valence electrons. The molecule has 2 aromatic rings. The van der Waals surface area contributed by atoms with E-state index < -0.39 is 0 Å². The summed E-state index contributed by atoms with van der Waals surface area (Å²) in [5, 5.41) is 2.45. The van der Waals surface area contributed by atoms with Crippen molar-refractivity contribution in [1.82, 2.24) is 4.98 Å². The van der Waals surface area contributed by atoms with Crippen molar-refractivity contribution in [2.75, 3.05) is 23.8 Å². The summed E-state index contributed by atoms with van der Waals surface area (Å²) < 4.78 is 5.64. The van der Waals surface area contributed by atoms with E-state index in [-0.39, 0.29) is 5.91 Å². The van der Waals surface area contributed by atoms with Crippen molar-refractivity contribution < 1.29 is 9.53 Å². The first-order valence-electron chi connectivity index (χ1n) is 6.47. The second kappa shape index (κ2) is 5.13. The molecule has 2 heterocycles. The van der Waals surface area contributed by atoms with Crippen LogP contribution in [0, 0.1) is 0 Å². The van der Waals surface area contributed by atoms with Crippen molar-refractivity contribution in [3.05, 3.63) is 23.6 Å². The number of hydrogen-bond donors (Lipinski definition) is 1. The van der Waals surface area contributed by atoms with Gasteiger partial charge >= 0.3 is 0 Å². The summed E-state index contributed by atoms with van der Waals surface area (Å²) >= 11 is 1.40. The lowest BCUT2D eigenvalue weighted by Gasteiger charge is -2.20. The average Bonchev–Trinajstić information content (AvgIpc) is 2.80. The number of rotatable bonds is 2. The van der Waals surface area contributed by atoms with Crippen LogP contribution in [0.15, 0.2) is 23.6 Å². The highest BCUT2D eigenvalue weighted by molar-refractivity contribution is 7.13. The average molecular weight is 289 g/mol. The van der Waals surface area contributed by atoms with E-state index in [9.17, 15) is 4.79 Å². The van der Waals surface area contributed by atoms with E-state index in [0.29, 0.717) is 24.7 Å². The second-order valence-corrected chi connectivity index (χ2v) is 5.38. The van der Waals surface area contributed by atoms with Crippen molar-refractivity contribution in [2.45, 2.75) is 13.3 Å². The van der Waals surface area contributed by atoms with Crippen molar-refractivity contribution in [3.8, 4) is 17.0 Å². The van der Waals surface area contributed by atoms with Crippen LogP contribution < -0.4 is 15.4 Å². The Morgan fingerprint density at radius 1 is 1.50 bits per heavy atom. The third-order valence-electron chi connectivity index (χ3n) is 3.26. The highest BCUT2D eigenvalue weighted by Crippen LogP contribution is 2.35. The van der Waals surface area contributed by atoms with Gasteiger partial charge in [0.25, 0.3) is 0 Å². The monoisotopic (exact) mass is 289 g/mol. The van der Waals surface area contributed by atoms with Crippen LogP contribution in [0.1, 0.15) is 13.3 Å². The third kappa shape index (κ3) is 2.22. The SMILES string of the molecule is CCN1C(=O)CCOc2ccc(-c3csc(N)n3)cc21. The zero-order valence-corrected chi connectivity index (χ0v) is 11.9. The Balaban J connectivity index is 2.08. The molecule has 0 saturated carbocycles. The lowest BCUT2D eigenvalue weighted by molar-refractivity contribution is -0.118. The maximum Gasteiger partial charge on any atom is 0.230 e. The molecular formula is C14H15N3O2S. The van der Waals surface area contributed by atoms with Crippen LogP contribution in [0.2, 0.25) is 0 Å². The summed E-state index contributed by atoms with van der Waals surface area (Å²) in [7, 11) is 0. The minimum atomic E-state index is 0.0844. The Kier molecular flexibility index (Phi) is 3.31. The molecule has 2 N–H and O–H groups in total. The van der Waals surface area contributed by atoms with E-state index in [1.807, 2.05) is 30.5 Å². The number of hydrogen-bond acceptors (Lipinski definition) is 5. The van der Waals surface area contributed by atoms with Crippen molar-refractivity contribution in [3.63, 3.8) is 0 Å². The molecule has 1 aliphatic heterocycles. The van der Waals surface area contributed by atoms with E-state index in [1.54, 1.807) is 4.90 Å². The van der Waals surface area contributed by atoms with E-state index in [1.165, 1.54) is 11.3 Å². The van der Waals surface area contributed by atoms with Gasteiger partial charge in [-0.05, 0) is 25.1 Å². The standard InChI is InChI=1S/C14H15N3O2S/c1-2-17-11-7-9(10-8-20-14(15)16-10)3-4-12(11)19-6-5-13(17)18/h3-4,7-8H,2,5-6H2,1H3,(H2,15,16). The van der Waals surface area contributed by atoms with Gasteiger partial charge in [-0.1, -0.05) is 0 Å². The first kappa shape index (κ1) is 12.9. The van der Waals surface area contributed by atoms with Crippen molar-refractivity contribution in [1.29, 1.82) is 0 Å². The smallest absolute Gasteiger partial charge is 0.230 e. The Bertz CT molecular complexity index is 654. The first-order valence-corrected chi connectivity index (χ1v) is 7.35. The number of nitrogens with zero attached hydrogens (tertiary/aromatic N) is 2. The molecule has 20 heavy (non-hydrogen) atoms. The Hall–Kier alpha value is -2.08. The Morgan fingerprint density at radius 3 is 3.05 bits per heavy atom. The Morgan fingerprint density at radius 2 is 2.35 bits per heavy atom. The normalized spacial score (nSPS) is 14.7. The summed E-state index contributed by atoms with van der Waals surface area (Å²) in [4.78, 5) is 18.1. The molecule has 0 aliphatic carbocycles. The fraction of sp³-hybridized carbons (Fsp3) is 0.286. The lowest BCUT2D eigenvalue weighted by atomic mass is 10.1. The molecule has 1 aromatic carbocycles. The van der Waals surface area contributed by atoms with Gasteiger partial charge in [0.1, 0.15) is 5.75 Å². The number of carbonyl (C=O) groups excluding carboxylic acids is 1. The molecule has 0 unspecified atom stereocenters. The van der Waals surface area contributed by atoms with E-state index >= 15 is 0 Å². The summed E-state index contributed by atoms with van der Waals surface area (Å²) in [6, 6.07) is 5.77. The highest BCUT2D eigenvalue weighted by Gasteiger charge is 2.22. The van der Waals surface area contributed by atoms with Gasteiger partial charge in [-0.15, -0.1) is 11.3 Å². The molecule has 0 radical (unpaired) electrons. The first-order chi connectivity index (χ1) is 9.69. The van der Waals surface area contributed by atoms with Crippen LogP contribution in [-0.2, 0) is 4.79 Å². The number of benzene rings is 1. The molecule has 6 heteroatoms. The van der Waals surface area contributed by atoms with Gasteiger partial charge in [0.2, 0.25) is 5.91 Å². The maximum atomic E-state index is 12.1. The number of nitrogen functional groups attached to an aromatic ring is 1. The second-order valence-electron chi connectivity index (χ2n) is 4.49. The third-order valence-corrected chi connectivity index (χ3v) is 3.93.